The Hall–Kier alpha value is -1.05. The van der Waals surface area contributed by atoms with Crippen LogP contribution < -0.4 is 10.5 Å². The largest absolute Gasteiger partial charge is 0.398 e. The van der Waals surface area contributed by atoms with Crippen molar-refractivity contribution >= 4 is 53.3 Å². The van der Waals surface area contributed by atoms with E-state index in [1.54, 1.807) is 24.3 Å². The second-order valence-corrected chi connectivity index (χ2v) is 7.85. The van der Waals surface area contributed by atoms with Crippen molar-refractivity contribution in [3.05, 3.63) is 50.9 Å². The first-order chi connectivity index (χ1) is 9.83. The number of nitrogen functional groups attached to an aromatic ring is 1. The third kappa shape index (κ3) is 3.78. The molecule has 112 valence electrons. The molecular formula is C14H14Br2N2O2S. The van der Waals surface area contributed by atoms with Crippen LogP contribution in [0.4, 0.5) is 11.4 Å². The van der Waals surface area contributed by atoms with Gasteiger partial charge in [-0.05, 0) is 52.2 Å². The SMILES string of the molecule is CCc1cccc(NS(=O)(=O)c2c(N)cc(Br)cc2Br)c1. The molecule has 0 fully saturated rings. The van der Waals surface area contributed by atoms with Crippen molar-refractivity contribution < 1.29 is 8.42 Å². The molecule has 0 radical (unpaired) electrons. The van der Waals surface area contributed by atoms with Gasteiger partial charge >= 0.3 is 0 Å². The summed E-state index contributed by atoms with van der Waals surface area (Å²) >= 11 is 6.52. The highest BCUT2D eigenvalue weighted by Gasteiger charge is 2.21. The molecule has 2 aromatic carbocycles. The van der Waals surface area contributed by atoms with Gasteiger partial charge in [-0.2, -0.15) is 0 Å². The van der Waals surface area contributed by atoms with Crippen molar-refractivity contribution in [3.63, 3.8) is 0 Å². The van der Waals surface area contributed by atoms with Crippen LogP contribution in [0.2, 0.25) is 0 Å². The van der Waals surface area contributed by atoms with Crippen LogP contribution in [-0.2, 0) is 16.4 Å². The molecule has 0 bridgehead atoms. The zero-order valence-corrected chi connectivity index (χ0v) is 15.2. The predicted molar refractivity (Wildman–Crippen MR) is 92.9 cm³/mol. The van der Waals surface area contributed by atoms with Crippen LogP contribution in [0, 0.1) is 0 Å². The quantitative estimate of drug-likeness (QED) is 0.711. The van der Waals surface area contributed by atoms with E-state index in [-0.39, 0.29) is 10.6 Å². The molecule has 0 heterocycles. The topological polar surface area (TPSA) is 72.2 Å². The van der Waals surface area contributed by atoms with E-state index in [4.69, 9.17) is 5.73 Å². The van der Waals surface area contributed by atoms with Gasteiger partial charge in [0.1, 0.15) is 4.90 Å². The van der Waals surface area contributed by atoms with Gasteiger partial charge in [-0.25, -0.2) is 8.42 Å². The van der Waals surface area contributed by atoms with E-state index < -0.39 is 10.0 Å². The number of hydrogen-bond donors (Lipinski definition) is 2. The second-order valence-electron chi connectivity index (χ2n) is 4.47. The molecule has 0 amide bonds. The summed E-state index contributed by atoms with van der Waals surface area (Å²) < 4.78 is 28.7. The normalized spacial score (nSPS) is 11.4. The van der Waals surface area contributed by atoms with Gasteiger partial charge in [0.25, 0.3) is 10.0 Å². The molecule has 0 saturated heterocycles. The zero-order chi connectivity index (χ0) is 15.6. The van der Waals surface area contributed by atoms with Gasteiger partial charge in [0, 0.05) is 14.6 Å². The number of nitrogens with two attached hydrogens (primary N) is 1. The van der Waals surface area contributed by atoms with E-state index in [0.717, 1.165) is 12.0 Å². The van der Waals surface area contributed by atoms with E-state index in [0.29, 0.717) is 14.6 Å². The maximum atomic E-state index is 12.5. The van der Waals surface area contributed by atoms with Gasteiger partial charge in [-0.15, -0.1) is 0 Å². The average Bonchev–Trinajstić information content (AvgIpc) is 2.36. The van der Waals surface area contributed by atoms with E-state index in [2.05, 4.69) is 36.6 Å². The third-order valence-electron chi connectivity index (χ3n) is 2.89. The highest BCUT2D eigenvalue weighted by molar-refractivity contribution is 9.11. The van der Waals surface area contributed by atoms with Crippen LogP contribution in [0.25, 0.3) is 0 Å². The summed E-state index contributed by atoms with van der Waals surface area (Å²) in [5.41, 5.74) is 7.59. The van der Waals surface area contributed by atoms with E-state index in [9.17, 15) is 8.42 Å². The lowest BCUT2D eigenvalue weighted by molar-refractivity contribution is 0.601. The van der Waals surface area contributed by atoms with Crippen LogP contribution in [0.1, 0.15) is 12.5 Å². The molecule has 0 spiro atoms. The molecule has 0 unspecified atom stereocenters. The van der Waals surface area contributed by atoms with Crippen LogP contribution in [0.3, 0.4) is 0 Å². The molecule has 0 saturated carbocycles. The fraction of sp³-hybridized carbons (Fsp3) is 0.143. The summed E-state index contributed by atoms with van der Waals surface area (Å²) in [6.45, 7) is 2.01. The zero-order valence-electron chi connectivity index (χ0n) is 11.2. The summed E-state index contributed by atoms with van der Waals surface area (Å²) in [6, 6.07) is 10.5. The van der Waals surface area contributed by atoms with Crippen LogP contribution in [0.5, 0.6) is 0 Å². The monoisotopic (exact) mass is 432 g/mol. The molecule has 0 aromatic heterocycles. The standard InChI is InChI=1S/C14H14Br2N2O2S/c1-2-9-4-3-5-11(6-9)18-21(19,20)14-12(16)7-10(15)8-13(14)17/h3-8,18H,2,17H2,1H3. The minimum Gasteiger partial charge on any atom is -0.398 e. The number of benzene rings is 2. The first-order valence-corrected chi connectivity index (χ1v) is 9.26. The first-order valence-electron chi connectivity index (χ1n) is 6.19. The molecule has 2 aromatic rings. The Kier molecular flexibility index (Phi) is 4.95. The summed E-state index contributed by atoms with van der Waals surface area (Å²) in [7, 11) is -3.76. The molecule has 0 aliphatic carbocycles. The van der Waals surface area contributed by atoms with Crippen molar-refractivity contribution in [1.29, 1.82) is 0 Å². The lowest BCUT2D eigenvalue weighted by atomic mass is 10.1. The van der Waals surface area contributed by atoms with Crippen molar-refractivity contribution in [2.45, 2.75) is 18.2 Å². The van der Waals surface area contributed by atoms with Gasteiger partial charge in [-0.3, -0.25) is 4.72 Å². The predicted octanol–water partition coefficient (Wildman–Crippen LogP) is 4.16. The highest BCUT2D eigenvalue weighted by atomic mass is 79.9. The maximum absolute atomic E-state index is 12.5. The molecule has 4 nitrogen and oxygen atoms in total. The summed E-state index contributed by atoms with van der Waals surface area (Å²) in [5.74, 6) is 0. The smallest absolute Gasteiger partial charge is 0.265 e. The fourth-order valence-electron chi connectivity index (χ4n) is 1.92. The van der Waals surface area contributed by atoms with Gasteiger partial charge in [0.2, 0.25) is 0 Å². The number of nitrogens with one attached hydrogen (secondary N) is 1. The summed E-state index contributed by atoms with van der Waals surface area (Å²) in [5, 5.41) is 0. The number of anilines is 2. The Labute approximate surface area is 141 Å². The van der Waals surface area contributed by atoms with Crippen molar-refractivity contribution in [1.82, 2.24) is 0 Å². The minimum atomic E-state index is -3.76. The molecule has 21 heavy (non-hydrogen) atoms. The van der Waals surface area contributed by atoms with Crippen LogP contribution >= 0.6 is 31.9 Å². The lowest BCUT2D eigenvalue weighted by Gasteiger charge is -2.13. The minimum absolute atomic E-state index is 0.0348. The Balaban J connectivity index is 2.43. The van der Waals surface area contributed by atoms with Gasteiger partial charge in [0.15, 0.2) is 0 Å². The Morgan fingerprint density at radius 3 is 2.52 bits per heavy atom. The molecular weight excluding hydrogens is 420 g/mol. The van der Waals surface area contributed by atoms with E-state index in [1.165, 1.54) is 0 Å². The fourth-order valence-corrected chi connectivity index (χ4v) is 5.05. The number of hydrogen-bond acceptors (Lipinski definition) is 3. The second kappa shape index (κ2) is 6.37. The lowest BCUT2D eigenvalue weighted by Crippen LogP contribution is -2.15. The van der Waals surface area contributed by atoms with E-state index >= 15 is 0 Å². The molecule has 2 rings (SSSR count). The highest BCUT2D eigenvalue weighted by Crippen LogP contribution is 2.32. The Morgan fingerprint density at radius 1 is 1.19 bits per heavy atom. The molecule has 3 N–H and O–H groups in total. The number of rotatable bonds is 4. The number of sulfonamides is 1. The number of aryl methyl sites for hydroxylation is 1. The van der Waals surface area contributed by atoms with Crippen molar-refractivity contribution in [3.8, 4) is 0 Å². The van der Waals surface area contributed by atoms with Crippen molar-refractivity contribution in [2.75, 3.05) is 10.5 Å². The summed E-state index contributed by atoms with van der Waals surface area (Å²) in [4.78, 5) is 0.0348. The summed E-state index contributed by atoms with van der Waals surface area (Å²) in [6.07, 6.45) is 0.833. The first kappa shape index (κ1) is 16.3. The molecule has 0 aliphatic heterocycles. The van der Waals surface area contributed by atoms with Gasteiger partial charge in [-0.1, -0.05) is 35.0 Å². The maximum Gasteiger partial charge on any atom is 0.265 e. The third-order valence-corrected chi connectivity index (χ3v) is 5.74. The van der Waals surface area contributed by atoms with Crippen LogP contribution in [0.15, 0.2) is 50.2 Å². The Morgan fingerprint density at radius 2 is 1.90 bits per heavy atom. The average molecular weight is 434 g/mol. The number of halogens is 2. The molecule has 0 atom stereocenters. The van der Waals surface area contributed by atoms with Crippen LogP contribution in [-0.4, -0.2) is 8.42 Å². The van der Waals surface area contributed by atoms with Gasteiger partial charge in [0.05, 0.1) is 5.69 Å². The Bertz CT molecular complexity index is 753. The van der Waals surface area contributed by atoms with Crippen molar-refractivity contribution in [2.24, 2.45) is 0 Å². The van der Waals surface area contributed by atoms with E-state index in [1.807, 2.05) is 19.1 Å². The molecule has 0 aliphatic rings. The van der Waals surface area contributed by atoms with Gasteiger partial charge < -0.3 is 5.73 Å². The molecule has 7 heteroatoms.